The molecule has 1 aliphatic rings. The predicted octanol–water partition coefficient (Wildman–Crippen LogP) is 2.77. The first-order valence-corrected chi connectivity index (χ1v) is 5.09. The summed E-state index contributed by atoms with van der Waals surface area (Å²) < 4.78 is 5.49. The van der Waals surface area contributed by atoms with Crippen LogP contribution in [0.1, 0.15) is 29.2 Å². The van der Waals surface area contributed by atoms with Crippen molar-refractivity contribution in [2.45, 2.75) is 26.4 Å². The normalized spacial score (nSPS) is 20.1. The number of halogens is 1. The van der Waals surface area contributed by atoms with Gasteiger partial charge >= 0.3 is 0 Å². The SMILES string of the molecule is Cc1cc2c(c(C)c1Cl)[C@H](O)CCO2. The van der Waals surface area contributed by atoms with Gasteiger partial charge in [-0.25, -0.2) is 0 Å². The quantitative estimate of drug-likeness (QED) is 0.717. The molecule has 0 aliphatic carbocycles. The fourth-order valence-electron chi connectivity index (χ4n) is 1.89. The first-order valence-electron chi connectivity index (χ1n) is 4.71. The molecule has 3 heteroatoms. The highest BCUT2D eigenvalue weighted by Gasteiger charge is 2.23. The number of aryl methyl sites for hydroxylation is 1. The van der Waals surface area contributed by atoms with Crippen LogP contribution in [0.5, 0.6) is 5.75 Å². The van der Waals surface area contributed by atoms with Gasteiger partial charge in [-0.2, -0.15) is 0 Å². The lowest BCUT2D eigenvalue weighted by Gasteiger charge is -2.25. The molecule has 1 N–H and O–H groups in total. The van der Waals surface area contributed by atoms with E-state index < -0.39 is 6.10 Å². The summed E-state index contributed by atoms with van der Waals surface area (Å²) >= 11 is 6.11. The zero-order valence-electron chi connectivity index (χ0n) is 8.30. The van der Waals surface area contributed by atoms with Gasteiger partial charge in [0.2, 0.25) is 0 Å². The van der Waals surface area contributed by atoms with Gasteiger partial charge in [0.05, 0.1) is 12.7 Å². The second-order valence-electron chi connectivity index (χ2n) is 3.70. The molecule has 0 amide bonds. The Morgan fingerprint density at radius 1 is 1.50 bits per heavy atom. The Morgan fingerprint density at radius 2 is 2.21 bits per heavy atom. The number of rotatable bonds is 0. The first kappa shape index (κ1) is 9.81. The second-order valence-corrected chi connectivity index (χ2v) is 4.08. The first-order chi connectivity index (χ1) is 6.61. The van der Waals surface area contributed by atoms with E-state index in [1.807, 2.05) is 19.9 Å². The zero-order chi connectivity index (χ0) is 10.3. The largest absolute Gasteiger partial charge is 0.493 e. The molecule has 1 atom stereocenters. The van der Waals surface area contributed by atoms with Crippen LogP contribution in [0.25, 0.3) is 0 Å². The Kier molecular flexibility index (Phi) is 2.41. The van der Waals surface area contributed by atoms with Crippen LogP contribution < -0.4 is 4.74 Å². The molecule has 0 aromatic heterocycles. The number of hydrogen-bond acceptors (Lipinski definition) is 2. The van der Waals surface area contributed by atoms with Crippen LogP contribution >= 0.6 is 11.6 Å². The molecule has 2 rings (SSSR count). The average Bonchev–Trinajstić information content (AvgIpc) is 2.14. The third-order valence-electron chi connectivity index (χ3n) is 2.67. The minimum atomic E-state index is -0.433. The maximum absolute atomic E-state index is 9.82. The van der Waals surface area contributed by atoms with Crippen molar-refractivity contribution in [3.05, 3.63) is 27.8 Å². The minimum Gasteiger partial charge on any atom is -0.493 e. The van der Waals surface area contributed by atoms with Crippen LogP contribution in [0.2, 0.25) is 5.02 Å². The summed E-state index contributed by atoms with van der Waals surface area (Å²) in [5, 5.41) is 10.5. The number of ether oxygens (including phenoxy) is 1. The standard InChI is InChI=1S/C11H13ClO2/c1-6-5-9-10(7(2)11(6)12)8(13)3-4-14-9/h5,8,13H,3-4H2,1-2H3/t8-/m1/s1. The Hall–Kier alpha value is -0.730. The molecule has 0 saturated heterocycles. The van der Waals surface area contributed by atoms with E-state index in [1.54, 1.807) is 0 Å². The highest BCUT2D eigenvalue weighted by Crippen LogP contribution is 2.39. The molecule has 1 aromatic rings. The van der Waals surface area contributed by atoms with E-state index in [0.29, 0.717) is 13.0 Å². The molecule has 0 spiro atoms. The third kappa shape index (κ3) is 1.39. The fraction of sp³-hybridized carbons (Fsp3) is 0.455. The van der Waals surface area contributed by atoms with E-state index in [0.717, 1.165) is 27.5 Å². The van der Waals surface area contributed by atoms with Crippen molar-refractivity contribution in [2.24, 2.45) is 0 Å². The van der Waals surface area contributed by atoms with Gasteiger partial charge in [0.15, 0.2) is 0 Å². The molecule has 0 bridgehead atoms. The average molecular weight is 213 g/mol. The molecule has 1 heterocycles. The molecule has 0 unspecified atom stereocenters. The third-order valence-corrected chi connectivity index (χ3v) is 3.26. The Labute approximate surface area is 88.5 Å². The molecule has 0 radical (unpaired) electrons. The molecule has 1 aromatic carbocycles. The summed E-state index contributed by atoms with van der Waals surface area (Å²) in [6.07, 6.45) is 0.213. The monoisotopic (exact) mass is 212 g/mol. The molecule has 2 nitrogen and oxygen atoms in total. The number of aliphatic hydroxyl groups is 1. The summed E-state index contributed by atoms with van der Waals surface area (Å²) in [6, 6.07) is 1.90. The van der Waals surface area contributed by atoms with Crippen LogP contribution in [0.15, 0.2) is 6.07 Å². The smallest absolute Gasteiger partial charge is 0.125 e. The van der Waals surface area contributed by atoms with Gasteiger partial charge in [-0.3, -0.25) is 0 Å². The van der Waals surface area contributed by atoms with Gasteiger partial charge in [0.1, 0.15) is 5.75 Å². The van der Waals surface area contributed by atoms with Crippen molar-refractivity contribution >= 4 is 11.6 Å². The lowest BCUT2D eigenvalue weighted by molar-refractivity contribution is 0.114. The van der Waals surface area contributed by atoms with Crippen LogP contribution in [-0.2, 0) is 0 Å². The molecule has 76 valence electrons. The van der Waals surface area contributed by atoms with E-state index in [2.05, 4.69) is 0 Å². The van der Waals surface area contributed by atoms with Crippen molar-refractivity contribution in [3.63, 3.8) is 0 Å². The summed E-state index contributed by atoms with van der Waals surface area (Å²) in [7, 11) is 0. The van der Waals surface area contributed by atoms with E-state index in [1.165, 1.54) is 0 Å². The van der Waals surface area contributed by atoms with Gasteiger partial charge < -0.3 is 9.84 Å². The highest BCUT2D eigenvalue weighted by molar-refractivity contribution is 6.32. The maximum Gasteiger partial charge on any atom is 0.125 e. The van der Waals surface area contributed by atoms with Crippen molar-refractivity contribution < 1.29 is 9.84 Å². The van der Waals surface area contributed by atoms with Crippen LogP contribution in [-0.4, -0.2) is 11.7 Å². The second kappa shape index (κ2) is 3.44. The zero-order valence-corrected chi connectivity index (χ0v) is 9.06. The van der Waals surface area contributed by atoms with Crippen LogP contribution in [0, 0.1) is 13.8 Å². The molecule has 0 fully saturated rings. The van der Waals surface area contributed by atoms with E-state index >= 15 is 0 Å². The lowest BCUT2D eigenvalue weighted by atomic mass is 9.96. The Balaban J connectivity index is 2.64. The number of benzene rings is 1. The minimum absolute atomic E-state index is 0.433. The topological polar surface area (TPSA) is 29.5 Å². The van der Waals surface area contributed by atoms with Gasteiger partial charge in [-0.05, 0) is 31.0 Å². The Bertz CT molecular complexity index is 374. The summed E-state index contributed by atoms with van der Waals surface area (Å²) in [6.45, 7) is 4.45. The fourth-order valence-corrected chi connectivity index (χ4v) is 2.05. The lowest BCUT2D eigenvalue weighted by Crippen LogP contribution is -2.15. The molecule has 14 heavy (non-hydrogen) atoms. The number of aliphatic hydroxyl groups excluding tert-OH is 1. The summed E-state index contributed by atoms with van der Waals surface area (Å²) in [5.41, 5.74) is 2.79. The van der Waals surface area contributed by atoms with Gasteiger partial charge in [0, 0.05) is 17.0 Å². The molecule has 1 aliphatic heterocycles. The van der Waals surface area contributed by atoms with Crippen molar-refractivity contribution in [3.8, 4) is 5.75 Å². The van der Waals surface area contributed by atoms with Crippen LogP contribution in [0.4, 0.5) is 0 Å². The van der Waals surface area contributed by atoms with Crippen molar-refractivity contribution in [1.29, 1.82) is 0 Å². The van der Waals surface area contributed by atoms with Gasteiger partial charge in [-0.15, -0.1) is 0 Å². The highest BCUT2D eigenvalue weighted by atomic mass is 35.5. The molecule has 0 saturated carbocycles. The van der Waals surface area contributed by atoms with E-state index in [4.69, 9.17) is 16.3 Å². The Morgan fingerprint density at radius 3 is 2.93 bits per heavy atom. The van der Waals surface area contributed by atoms with Crippen molar-refractivity contribution in [1.82, 2.24) is 0 Å². The summed E-state index contributed by atoms with van der Waals surface area (Å²) in [5.74, 6) is 0.781. The number of fused-ring (bicyclic) bond motifs is 1. The molecular formula is C11H13ClO2. The predicted molar refractivity (Wildman–Crippen MR) is 56.0 cm³/mol. The van der Waals surface area contributed by atoms with Crippen molar-refractivity contribution in [2.75, 3.05) is 6.61 Å². The maximum atomic E-state index is 9.82. The van der Waals surface area contributed by atoms with E-state index in [9.17, 15) is 5.11 Å². The van der Waals surface area contributed by atoms with Crippen LogP contribution in [0.3, 0.4) is 0 Å². The number of hydrogen-bond donors (Lipinski definition) is 1. The summed E-state index contributed by atoms with van der Waals surface area (Å²) in [4.78, 5) is 0. The van der Waals surface area contributed by atoms with Gasteiger partial charge in [0.25, 0.3) is 0 Å². The van der Waals surface area contributed by atoms with Gasteiger partial charge in [-0.1, -0.05) is 11.6 Å². The molecular weight excluding hydrogens is 200 g/mol. The van der Waals surface area contributed by atoms with E-state index in [-0.39, 0.29) is 0 Å².